The minimum absolute atomic E-state index is 0.186. The molecule has 0 saturated carbocycles. The summed E-state index contributed by atoms with van der Waals surface area (Å²) in [7, 11) is 0. The summed E-state index contributed by atoms with van der Waals surface area (Å²) < 4.78 is 0.852. The summed E-state index contributed by atoms with van der Waals surface area (Å²) in [6.45, 7) is 1.16. The fraction of sp³-hybridized carbons (Fsp3) is 0.545. The zero-order chi connectivity index (χ0) is 11.5. The lowest BCUT2D eigenvalue weighted by atomic mass is 10.0. The molecule has 1 saturated heterocycles. The van der Waals surface area contributed by atoms with Crippen LogP contribution in [0, 0.1) is 0 Å². The molecule has 0 radical (unpaired) electrons. The molecule has 0 aromatic carbocycles. The molecule has 1 atom stereocenters. The van der Waals surface area contributed by atoms with Crippen LogP contribution in [0.4, 0.5) is 5.00 Å². The first-order valence-electron chi connectivity index (χ1n) is 5.38. The van der Waals surface area contributed by atoms with Gasteiger partial charge in [0.25, 0.3) is 0 Å². The molecule has 3 nitrogen and oxygen atoms in total. The van der Waals surface area contributed by atoms with Crippen molar-refractivity contribution in [3.8, 4) is 0 Å². The molecule has 1 aromatic heterocycles. The SMILES string of the molecule is O=Cc1sc(N2CCCCC2CO)cc1Br. The number of hydrogen-bond acceptors (Lipinski definition) is 4. The highest BCUT2D eigenvalue weighted by Gasteiger charge is 2.23. The maximum Gasteiger partial charge on any atom is 0.161 e. The second-order valence-corrected chi connectivity index (χ2v) is 5.86. The predicted molar refractivity (Wildman–Crippen MR) is 69.5 cm³/mol. The van der Waals surface area contributed by atoms with Crippen LogP contribution in [0.15, 0.2) is 10.5 Å². The molecule has 0 spiro atoms. The Morgan fingerprint density at radius 3 is 3.06 bits per heavy atom. The Balaban J connectivity index is 2.23. The van der Waals surface area contributed by atoms with E-state index >= 15 is 0 Å². The Morgan fingerprint density at radius 2 is 2.44 bits per heavy atom. The molecule has 1 fully saturated rings. The molecule has 0 amide bonds. The summed E-state index contributed by atoms with van der Waals surface area (Å²) in [5, 5.41) is 10.4. The third-order valence-electron chi connectivity index (χ3n) is 2.93. The van der Waals surface area contributed by atoms with Crippen molar-refractivity contribution in [1.29, 1.82) is 0 Å². The fourth-order valence-electron chi connectivity index (χ4n) is 2.07. The number of anilines is 1. The summed E-state index contributed by atoms with van der Waals surface area (Å²) in [6.07, 6.45) is 4.23. The molecule has 1 unspecified atom stereocenters. The average molecular weight is 304 g/mol. The predicted octanol–water partition coefficient (Wildman–Crippen LogP) is 2.67. The van der Waals surface area contributed by atoms with E-state index < -0.39 is 0 Å². The minimum atomic E-state index is 0.186. The Hall–Kier alpha value is -0.390. The van der Waals surface area contributed by atoms with Crippen LogP contribution in [-0.4, -0.2) is 30.6 Å². The maximum atomic E-state index is 10.8. The molecule has 88 valence electrons. The number of aldehydes is 1. The maximum absolute atomic E-state index is 10.8. The van der Waals surface area contributed by atoms with Gasteiger partial charge in [-0.2, -0.15) is 0 Å². The second-order valence-electron chi connectivity index (χ2n) is 3.94. The molecule has 1 N–H and O–H groups in total. The number of halogens is 1. The van der Waals surface area contributed by atoms with E-state index in [9.17, 15) is 9.90 Å². The first kappa shape index (κ1) is 12.1. The molecular formula is C11H14BrNO2S. The van der Waals surface area contributed by atoms with Gasteiger partial charge in [-0.3, -0.25) is 4.79 Å². The Morgan fingerprint density at radius 1 is 1.62 bits per heavy atom. The van der Waals surface area contributed by atoms with Crippen molar-refractivity contribution in [2.75, 3.05) is 18.1 Å². The lowest BCUT2D eigenvalue weighted by Crippen LogP contribution is -2.41. The largest absolute Gasteiger partial charge is 0.394 e. The van der Waals surface area contributed by atoms with E-state index in [0.29, 0.717) is 0 Å². The fourth-order valence-corrected chi connectivity index (χ4v) is 3.74. The average Bonchev–Trinajstić information content (AvgIpc) is 2.70. The van der Waals surface area contributed by atoms with Crippen LogP contribution >= 0.6 is 27.3 Å². The number of carbonyl (C=O) groups is 1. The number of thiophene rings is 1. The topological polar surface area (TPSA) is 40.5 Å². The van der Waals surface area contributed by atoms with Gasteiger partial charge in [0, 0.05) is 11.0 Å². The van der Waals surface area contributed by atoms with E-state index in [0.717, 1.165) is 40.0 Å². The lowest BCUT2D eigenvalue weighted by molar-refractivity contribution is 0.112. The van der Waals surface area contributed by atoms with Gasteiger partial charge >= 0.3 is 0 Å². The van der Waals surface area contributed by atoms with Crippen LogP contribution in [-0.2, 0) is 0 Å². The van der Waals surface area contributed by atoms with Crippen molar-refractivity contribution in [3.05, 3.63) is 15.4 Å². The van der Waals surface area contributed by atoms with Crippen molar-refractivity contribution < 1.29 is 9.90 Å². The van der Waals surface area contributed by atoms with Gasteiger partial charge in [-0.1, -0.05) is 0 Å². The third-order valence-corrected chi connectivity index (χ3v) is 4.94. The second kappa shape index (κ2) is 5.29. The van der Waals surface area contributed by atoms with Crippen molar-refractivity contribution in [2.24, 2.45) is 0 Å². The molecular weight excluding hydrogens is 290 g/mol. The molecule has 1 aliphatic rings. The summed E-state index contributed by atoms with van der Waals surface area (Å²) in [4.78, 5) is 13.7. The van der Waals surface area contributed by atoms with Crippen LogP contribution in [0.1, 0.15) is 28.9 Å². The quantitative estimate of drug-likeness (QED) is 0.873. The van der Waals surface area contributed by atoms with Gasteiger partial charge in [-0.15, -0.1) is 11.3 Å². The van der Waals surface area contributed by atoms with Gasteiger partial charge < -0.3 is 10.0 Å². The monoisotopic (exact) mass is 303 g/mol. The highest BCUT2D eigenvalue weighted by Crippen LogP contribution is 2.35. The number of piperidine rings is 1. The van der Waals surface area contributed by atoms with Gasteiger partial charge in [-0.05, 0) is 41.3 Å². The van der Waals surface area contributed by atoms with Crippen LogP contribution in [0.25, 0.3) is 0 Å². The molecule has 2 rings (SSSR count). The summed E-state index contributed by atoms with van der Waals surface area (Å²) in [5.41, 5.74) is 0. The standard InChI is InChI=1S/C11H14BrNO2S/c12-9-5-11(16-10(9)7-15)13-4-2-1-3-8(13)6-14/h5,7-8,14H,1-4,6H2. The van der Waals surface area contributed by atoms with Gasteiger partial charge in [0.05, 0.1) is 22.5 Å². The smallest absolute Gasteiger partial charge is 0.161 e. The van der Waals surface area contributed by atoms with Crippen molar-refractivity contribution in [1.82, 2.24) is 0 Å². The van der Waals surface area contributed by atoms with Crippen LogP contribution < -0.4 is 4.90 Å². The molecule has 2 heterocycles. The van der Waals surface area contributed by atoms with Crippen molar-refractivity contribution in [3.63, 3.8) is 0 Å². The zero-order valence-corrected chi connectivity index (χ0v) is 11.3. The molecule has 0 bridgehead atoms. The van der Waals surface area contributed by atoms with Gasteiger partial charge in [0.2, 0.25) is 0 Å². The molecule has 0 aliphatic carbocycles. The van der Waals surface area contributed by atoms with Gasteiger partial charge in [0.1, 0.15) is 0 Å². The van der Waals surface area contributed by atoms with E-state index in [1.54, 1.807) is 0 Å². The van der Waals surface area contributed by atoms with Crippen molar-refractivity contribution >= 4 is 38.6 Å². The summed E-state index contributed by atoms with van der Waals surface area (Å²) >= 11 is 4.86. The first-order chi connectivity index (χ1) is 7.76. The number of aliphatic hydroxyl groups excluding tert-OH is 1. The summed E-state index contributed by atoms with van der Waals surface area (Å²) in [6, 6.07) is 2.18. The summed E-state index contributed by atoms with van der Waals surface area (Å²) in [5.74, 6) is 0. The Bertz CT molecular complexity index is 380. The van der Waals surface area contributed by atoms with Crippen LogP contribution in [0.5, 0.6) is 0 Å². The first-order valence-corrected chi connectivity index (χ1v) is 6.99. The highest BCUT2D eigenvalue weighted by atomic mass is 79.9. The molecule has 1 aromatic rings. The number of aliphatic hydroxyl groups is 1. The van der Waals surface area contributed by atoms with E-state index in [-0.39, 0.29) is 12.6 Å². The van der Waals surface area contributed by atoms with Crippen LogP contribution in [0.3, 0.4) is 0 Å². The molecule has 5 heteroatoms. The lowest BCUT2D eigenvalue weighted by Gasteiger charge is -2.35. The highest BCUT2D eigenvalue weighted by molar-refractivity contribution is 9.10. The zero-order valence-electron chi connectivity index (χ0n) is 8.86. The van der Waals surface area contributed by atoms with E-state index in [1.165, 1.54) is 17.8 Å². The molecule has 16 heavy (non-hydrogen) atoms. The Labute approximate surface area is 107 Å². The van der Waals surface area contributed by atoms with Gasteiger partial charge in [0.15, 0.2) is 6.29 Å². The van der Waals surface area contributed by atoms with E-state index in [4.69, 9.17) is 0 Å². The van der Waals surface area contributed by atoms with E-state index in [2.05, 4.69) is 20.8 Å². The number of hydrogen-bond donors (Lipinski definition) is 1. The minimum Gasteiger partial charge on any atom is -0.394 e. The number of nitrogens with zero attached hydrogens (tertiary/aromatic N) is 1. The number of carbonyl (C=O) groups excluding carboxylic acids is 1. The van der Waals surface area contributed by atoms with Gasteiger partial charge in [-0.25, -0.2) is 0 Å². The normalized spacial score (nSPS) is 21.1. The van der Waals surface area contributed by atoms with E-state index in [1.807, 2.05) is 6.07 Å². The number of rotatable bonds is 3. The van der Waals surface area contributed by atoms with Crippen LogP contribution in [0.2, 0.25) is 0 Å². The third kappa shape index (κ3) is 2.31. The molecule has 1 aliphatic heterocycles. The Kier molecular flexibility index (Phi) is 4.00. The van der Waals surface area contributed by atoms with Crippen molar-refractivity contribution in [2.45, 2.75) is 25.3 Å².